The van der Waals surface area contributed by atoms with E-state index in [1.807, 2.05) is 23.1 Å². The molecule has 6 rings (SSSR count). The van der Waals surface area contributed by atoms with Crippen LogP contribution in [0.4, 0.5) is 11.5 Å². The lowest BCUT2D eigenvalue weighted by atomic mass is 9.82. The maximum absolute atomic E-state index is 15.1. The first kappa shape index (κ1) is 29.7. The maximum Gasteiger partial charge on any atom is 0.271 e. The summed E-state index contributed by atoms with van der Waals surface area (Å²) in [6, 6.07) is 18.1. The van der Waals surface area contributed by atoms with Crippen molar-refractivity contribution in [2.24, 2.45) is 0 Å². The molecule has 0 aliphatic carbocycles. The number of methoxy groups -OCH3 is 3. The summed E-state index contributed by atoms with van der Waals surface area (Å²) in [6.07, 6.45) is 3.30. The summed E-state index contributed by atoms with van der Waals surface area (Å²) in [7, 11) is -0.127. The summed E-state index contributed by atoms with van der Waals surface area (Å²) in [5, 5.41) is 0.348. The average molecular weight is 636 g/mol. The Labute approximate surface area is 260 Å². The average Bonchev–Trinajstić information content (AvgIpc) is 3.32. The van der Waals surface area contributed by atoms with Crippen LogP contribution in [0.15, 0.2) is 84.0 Å². The molecule has 13 heteroatoms. The van der Waals surface area contributed by atoms with Crippen LogP contribution in [-0.2, 0) is 20.4 Å². The summed E-state index contributed by atoms with van der Waals surface area (Å²) >= 11 is 6.56. The second-order valence-electron chi connectivity index (χ2n) is 10.2. The van der Waals surface area contributed by atoms with Crippen molar-refractivity contribution >= 4 is 39.0 Å². The minimum atomic E-state index is -4.47. The fraction of sp³-hybridized carbons (Fsp3) is 0.258. The molecule has 0 spiro atoms. The number of sulfonamides is 1. The molecule has 1 atom stereocenters. The van der Waals surface area contributed by atoms with Crippen molar-refractivity contribution in [3.63, 3.8) is 0 Å². The van der Waals surface area contributed by atoms with Gasteiger partial charge in [0.1, 0.15) is 5.82 Å². The zero-order valence-corrected chi connectivity index (χ0v) is 25.9. The summed E-state index contributed by atoms with van der Waals surface area (Å²) in [5.41, 5.74) is -0.615. The van der Waals surface area contributed by atoms with E-state index < -0.39 is 21.5 Å². The number of amides is 1. The van der Waals surface area contributed by atoms with Gasteiger partial charge in [0, 0.05) is 60.8 Å². The molecule has 4 aromatic rings. The lowest BCUT2D eigenvalue weighted by Crippen LogP contribution is -2.60. The summed E-state index contributed by atoms with van der Waals surface area (Å²) in [4.78, 5) is 28.0. The molecule has 0 saturated carbocycles. The van der Waals surface area contributed by atoms with Crippen LogP contribution in [0.3, 0.4) is 0 Å². The van der Waals surface area contributed by atoms with E-state index in [2.05, 4.69) is 14.9 Å². The molecule has 2 aliphatic heterocycles. The number of aromatic nitrogens is 2. The molecule has 44 heavy (non-hydrogen) atoms. The number of benzene rings is 2. The number of ether oxygens (including phenoxy) is 3. The van der Waals surface area contributed by atoms with Gasteiger partial charge in [-0.3, -0.25) is 9.69 Å². The second-order valence-corrected chi connectivity index (χ2v) is 12.4. The van der Waals surface area contributed by atoms with Crippen molar-refractivity contribution in [3.8, 4) is 17.4 Å². The third kappa shape index (κ3) is 4.61. The lowest BCUT2D eigenvalue weighted by Gasteiger charge is -2.45. The smallest absolute Gasteiger partial charge is 0.271 e. The van der Waals surface area contributed by atoms with Crippen molar-refractivity contribution < 1.29 is 27.4 Å². The Bertz CT molecular complexity index is 1820. The molecule has 4 heterocycles. The number of halogens is 1. The first-order valence-electron chi connectivity index (χ1n) is 13.8. The van der Waals surface area contributed by atoms with Gasteiger partial charge in [0.15, 0.2) is 17.0 Å². The van der Waals surface area contributed by atoms with E-state index in [1.165, 1.54) is 39.5 Å². The number of anilines is 2. The van der Waals surface area contributed by atoms with E-state index in [4.69, 9.17) is 25.8 Å². The van der Waals surface area contributed by atoms with Crippen LogP contribution in [0.5, 0.6) is 17.4 Å². The van der Waals surface area contributed by atoms with Crippen LogP contribution in [0.25, 0.3) is 0 Å². The Morgan fingerprint density at radius 1 is 0.795 bits per heavy atom. The largest absolute Gasteiger partial charge is 0.493 e. The Morgan fingerprint density at radius 3 is 2.23 bits per heavy atom. The lowest BCUT2D eigenvalue weighted by molar-refractivity contribution is -0.127. The summed E-state index contributed by atoms with van der Waals surface area (Å²) < 4.78 is 46.1. The maximum atomic E-state index is 15.1. The quantitative estimate of drug-likeness (QED) is 0.282. The van der Waals surface area contributed by atoms with Gasteiger partial charge >= 0.3 is 0 Å². The van der Waals surface area contributed by atoms with E-state index >= 15 is 4.79 Å². The summed E-state index contributed by atoms with van der Waals surface area (Å²) in [6.45, 7) is 1.87. The molecule has 1 fully saturated rings. The van der Waals surface area contributed by atoms with Crippen LogP contribution in [0.1, 0.15) is 11.1 Å². The molecule has 11 nitrogen and oxygen atoms in total. The minimum Gasteiger partial charge on any atom is -0.493 e. The van der Waals surface area contributed by atoms with Crippen molar-refractivity contribution in [2.75, 3.05) is 56.7 Å². The minimum absolute atomic E-state index is 0.140. The van der Waals surface area contributed by atoms with Gasteiger partial charge in [-0.25, -0.2) is 22.7 Å². The number of carbonyl (C=O) groups excluding carboxylic acids is 1. The highest BCUT2D eigenvalue weighted by atomic mass is 35.5. The van der Waals surface area contributed by atoms with Crippen LogP contribution in [0, 0.1) is 0 Å². The number of hydrogen-bond acceptors (Lipinski definition) is 10. The van der Waals surface area contributed by atoms with Crippen molar-refractivity contribution in [3.05, 3.63) is 95.3 Å². The Kier molecular flexibility index (Phi) is 7.82. The molecule has 2 aromatic heterocycles. The Hall–Kier alpha value is -4.39. The van der Waals surface area contributed by atoms with Crippen molar-refractivity contribution in [2.45, 2.75) is 10.4 Å². The monoisotopic (exact) mass is 635 g/mol. The van der Waals surface area contributed by atoms with Crippen LogP contribution in [-0.4, -0.2) is 76.7 Å². The number of hydrogen-bond donors (Lipinski definition) is 0. The second kappa shape index (κ2) is 11.6. The van der Waals surface area contributed by atoms with Gasteiger partial charge < -0.3 is 19.1 Å². The fourth-order valence-electron chi connectivity index (χ4n) is 6.04. The van der Waals surface area contributed by atoms with Crippen molar-refractivity contribution in [1.82, 2.24) is 14.9 Å². The van der Waals surface area contributed by atoms with Crippen molar-refractivity contribution in [1.29, 1.82) is 0 Å². The molecule has 1 unspecified atom stereocenters. The van der Waals surface area contributed by atoms with E-state index in [-0.39, 0.29) is 22.2 Å². The molecule has 1 amide bonds. The normalized spacial score (nSPS) is 18.7. The first-order valence-corrected chi connectivity index (χ1v) is 15.6. The predicted octanol–water partition coefficient (Wildman–Crippen LogP) is 3.96. The van der Waals surface area contributed by atoms with Gasteiger partial charge in [-0.1, -0.05) is 17.7 Å². The highest BCUT2D eigenvalue weighted by molar-refractivity contribution is 7.93. The van der Waals surface area contributed by atoms with Gasteiger partial charge in [-0.2, -0.15) is 0 Å². The number of pyridine rings is 2. The van der Waals surface area contributed by atoms with Gasteiger partial charge in [0.25, 0.3) is 15.9 Å². The summed E-state index contributed by atoms with van der Waals surface area (Å²) in [5.74, 6) is 0.888. The highest BCUT2D eigenvalue weighted by Crippen LogP contribution is 2.53. The zero-order chi connectivity index (χ0) is 31.1. The fourth-order valence-corrected chi connectivity index (χ4v) is 7.69. The molecule has 1 saturated heterocycles. The standard InChI is InChI=1S/C31H30ClN5O6S/c1-41-26-12-10-22(20-27(26)42-2)44(39,40)37-25-11-9-21(32)19-24(25)31(30(37)38,23-7-6-14-34-29(23)43-3)36-17-15-35(16-18-36)28-8-4-5-13-33-28/h4-14,19-20H,15-18H2,1-3H3. The molecule has 0 radical (unpaired) electrons. The SMILES string of the molecule is COc1ccc(S(=O)(=O)N2C(=O)C(c3cccnc3OC)(N3CCN(c4ccccn4)CC3)c3cc(Cl)ccc32)cc1OC. The van der Waals surface area contributed by atoms with Gasteiger partial charge in [0.2, 0.25) is 5.88 Å². The van der Waals surface area contributed by atoms with E-state index in [0.29, 0.717) is 48.1 Å². The molecule has 228 valence electrons. The molecular formula is C31H30ClN5O6S. The third-order valence-electron chi connectivity index (χ3n) is 8.04. The number of piperazine rings is 1. The number of rotatable bonds is 8. The molecule has 2 aliphatic rings. The van der Waals surface area contributed by atoms with E-state index in [9.17, 15) is 8.42 Å². The Morgan fingerprint density at radius 2 is 1.55 bits per heavy atom. The van der Waals surface area contributed by atoms with Crippen LogP contribution in [0.2, 0.25) is 5.02 Å². The molecular weight excluding hydrogens is 606 g/mol. The Balaban J connectivity index is 1.54. The topological polar surface area (TPSA) is 114 Å². The molecule has 0 N–H and O–H groups in total. The van der Waals surface area contributed by atoms with Gasteiger partial charge in [-0.05, 0) is 54.6 Å². The number of fused-ring (bicyclic) bond motifs is 1. The zero-order valence-electron chi connectivity index (χ0n) is 24.3. The van der Waals surface area contributed by atoms with Gasteiger partial charge in [0.05, 0.1) is 31.9 Å². The van der Waals surface area contributed by atoms with Crippen LogP contribution < -0.4 is 23.4 Å². The van der Waals surface area contributed by atoms with E-state index in [0.717, 1.165) is 10.1 Å². The van der Waals surface area contributed by atoms with E-state index in [1.54, 1.807) is 42.7 Å². The first-order chi connectivity index (χ1) is 21.3. The van der Waals surface area contributed by atoms with Crippen LogP contribution >= 0.6 is 11.6 Å². The number of carbonyl (C=O) groups is 1. The third-order valence-corrected chi connectivity index (χ3v) is 9.96. The highest BCUT2D eigenvalue weighted by Gasteiger charge is 2.61. The molecule has 0 bridgehead atoms. The van der Waals surface area contributed by atoms with Gasteiger partial charge in [-0.15, -0.1) is 0 Å². The number of nitrogens with zero attached hydrogens (tertiary/aromatic N) is 5. The molecule has 2 aromatic carbocycles. The predicted molar refractivity (Wildman–Crippen MR) is 165 cm³/mol.